The van der Waals surface area contributed by atoms with Crippen molar-refractivity contribution in [2.45, 2.75) is 30.3 Å². The Labute approximate surface area is 212 Å². The quantitative estimate of drug-likeness (QED) is 0.0939. The zero-order valence-corrected chi connectivity index (χ0v) is 20.3. The number of nitrogen functional groups attached to an aromatic ring is 1. The van der Waals surface area contributed by atoms with Crippen molar-refractivity contribution in [1.29, 1.82) is 0 Å². The van der Waals surface area contributed by atoms with Gasteiger partial charge in [0, 0.05) is 42.0 Å². The molecule has 14 nitrogen and oxygen atoms in total. The van der Waals surface area contributed by atoms with Crippen LogP contribution in [0.5, 0.6) is 0 Å². The van der Waals surface area contributed by atoms with Crippen molar-refractivity contribution in [3.63, 3.8) is 0 Å². The van der Waals surface area contributed by atoms with Gasteiger partial charge in [-0.3, -0.25) is 19.3 Å². The summed E-state index contributed by atoms with van der Waals surface area (Å²) in [6, 6.07) is -0.914. The minimum Gasteiger partial charge on any atom is -0.477 e. The van der Waals surface area contributed by atoms with Crippen LogP contribution in [0.3, 0.4) is 0 Å². The smallest absolute Gasteiger partial charge is 0.352 e. The third kappa shape index (κ3) is 4.10. The molecule has 0 saturated carbocycles. The minimum atomic E-state index is -1.30. The molecule has 6 N–H and O–H groups in total. The van der Waals surface area contributed by atoms with Crippen molar-refractivity contribution in [2.75, 3.05) is 31.1 Å². The topological polar surface area (TPSA) is 203 Å². The molecule has 16 heteroatoms. The lowest BCUT2D eigenvalue weighted by Crippen LogP contribution is -2.71. The third-order valence-electron chi connectivity index (χ3n) is 6.44. The second kappa shape index (κ2) is 9.51. The van der Waals surface area contributed by atoms with Gasteiger partial charge >= 0.3 is 5.97 Å². The standard InChI is InChI=1S/C20H22N8O6S2/c21-20-24-14(26-36-20)11(25-34)15(29)23-12-17(31)28-13(19(32)33)9(7-35-18(12)28)5-8-2-4-27(16(8)30)10-1-3-22-6-10/h5,10,12,18,22,34H,1-4,6-7H2,(H,23,29)(H,32,33)(H2,21,24,26)/b8-5+,25-11+/t10?,12-,18-/m1/s1. The molecular formula is C20H22N8O6S2. The van der Waals surface area contributed by atoms with Gasteiger partial charge in [0.1, 0.15) is 17.1 Å². The van der Waals surface area contributed by atoms with E-state index in [4.69, 9.17) is 5.73 Å². The lowest BCUT2D eigenvalue weighted by molar-refractivity contribution is -0.150. The van der Waals surface area contributed by atoms with Gasteiger partial charge in [0.2, 0.25) is 17.4 Å². The van der Waals surface area contributed by atoms with Crippen LogP contribution >= 0.6 is 23.3 Å². The number of aliphatic carboxylic acids is 1. The number of carbonyl (C=O) groups is 4. The molecule has 1 aromatic heterocycles. The van der Waals surface area contributed by atoms with Crippen LogP contribution in [0, 0.1) is 0 Å². The van der Waals surface area contributed by atoms with E-state index in [2.05, 4.69) is 25.1 Å². The maximum Gasteiger partial charge on any atom is 0.352 e. The van der Waals surface area contributed by atoms with Crippen molar-refractivity contribution < 1.29 is 29.5 Å². The molecular weight excluding hydrogens is 512 g/mol. The van der Waals surface area contributed by atoms with Crippen molar-refractivity contribution >= 4 is 57.8 Å². The summed E-state index contributed by atoms with van der Waals surface area (Å²) in [5.41, 5.74) is 5.67. The number of likely N-dealkylation sites (tertiary alicyclic amines) is 1. The van der Waals surface area contributed by atoms with Gasteiger partial charge in [-0.25, -0.2) is 4.79 Å². The largest absolute Gasteiger partial charge is 0.477 e. The summed E-state index contributed by atoms with van der Waals surface area (Å²) in [6.07, 6.45) is 2.97. The Balaban J connectivity index is 1.33. The number of fused-ring (bicyclic) bond motifs is 1. The Morgan fingerprint density at radius 2 is 2.14 bits per heavy atom. The molecule has 1 unspecified atom stereocenters. The summed E-state index contributed by atoms with van der Waals surface area (Å²) >= 11 is 2.07. The molecule has 36 heavy (non-hydrogen) atoms. The number of aromatic nitrogens is 2. The van der Waals surface area contributed by atoms with E-state index < -0.39 is 34.9 Å². The van der Waals surface area contributed by atoms with E-state index in [1.54, 1.807) is 6.08 Å². The number of thioether (sulfide) groups is 1. The highest BCUT2D eigenvalue weighted by atomic mass is 32.2. The Kier molecular flexibility index (Phi) is 6.40. The van der Waals surface area contributed by atoms with Gasteiger partial charge in [0.05, 0.1) is 0 Å². The molecule has 3 fully saturated rings. The van der Waals surface area contributed by atoms with Crippen LogP contribution in [0.4, 0.5) is 5.13 Å². The number of allylic oxidation sites excluding steroid dienone is 1. The predicted molar refractivity (Wildman–Crippen MR) is 128 cm³/mol. The Bertz CT molecular complexity index is 1240. The third-order valence-corrected chi connectivity index (χ3v) is 8.28. The number of oxime groups is 1. The lowest BCUT2D eigenvalue weighted by atomic mass is 10.0. The maximum absolute atomic E-state index is 12.9. The fourth-order valence-corrected chi connectivity index (χ4v) is 6.46. The summed E-state index contributed by atoms with van der Waals surface area (Å²) in [5, 5.41) is 27.1. The Hall–Kier alpha value is -3.50. The molecule has 4 aliphatic heterocycles. The van der Waals surface area contributed by atoms with Gasteiger partial charge in [0.25, 0.3) is 11.8 Å². The molecule has 3 amide bonds. The summed E-state index contributed by atoms with van der Waals surface area (Å²) in [4.78, 5) is 57.3. The zero-order valence-electron chi connectivity index (χ0n) is 18.7. The summed E-state index contributed by atoms with van der Waals surface area (Å²) < 4.78 is 3.82. The van der Waals surface area contributed by atoms with Gasteiger partial charge < -0.3 is 31.6 Å². The van der Waals surface area contributed by atoms with Crippen LogP contribution in [0.25, 0.3) is 0 Å². The van der Waals surface area contributed by atoms with E-state index in [9.17, 15) is 29.5 Å². The molecule has 5 rings (SSSR count). The van der Waals surface area contributed by atoms with Crippen LogP contribution in [-0.2, 0) is 19.2 Å². The van der Waals surface area contributed by atoms with Crippen LogP contribution in [0.1, 0.15) is 18.7 Å². The fourth-order valence-electron chi connectivity index (χ4n) is 4.72. The number of nitrogens with two attached hydrogens (primary N) is 1. The van der Waals surface area contributed by atoms with Crippen molar-refractivity contribution in [3.05, 3.63) is 28.7 Å². The van der Waals surface area contributed by atoms with Gasteiger partial charge in [-0.2, -0.15) is 9.36 Å². The first-order valence-corrected chi connectivity index (χ1v) is 12.9. The molecule has 1 aromatic rings. The summed E-state index contributed by atoms with van der Waals surface area (Å²) in [6.45, 7) is 2.17. The molecule has 0 spiro atoms. The Morgan fingerprint density at radius 1 is 1.33 bits per heavy atom. The normalized spacial score (nSPS) is 27.5. The van der Waals surface area contributed by atoms with Gasteiger partial charge in [-0.1, -0.05) is 5.16 Å². The highest BCUT2D eigenvalue weighted by molar-refractivity contribution is 8.00. The first kappa shape index (κ1) is 24.2. The second-order valence-electron chi connectivity index (χ2n) is 8.51. The number of amides is 3. The molecule has 4 aliphatic rings. The van der Waals surface area contributed by atoms with E-state index in [0.717, 1.165) is 35.9 Å². The van der Waals surface area contributed by atoms with Gasteiger partial charge in [-0.05, 0) is 31.0 Å². The van der Waals surface area contributed by atoms with E-state index in [1.807, 2.05) is 4.90 Å². The molecule has 0 bridgehead atoms. The minimum absolute atomic E-state index is 0.0642. The molecule has 0 radical (unpaired) electrons. The van der Waals surface area contributed by atoms with Crippen LogP contribution < -0.4 is 16.4 Å². The molecule has 3 saturated heterocycles. The van der Waals surface area contributed by atoms with Crippen molar-refractivity contribution in [2.24, 2.45) is 5.16 Å². The zero-order chi connectivity index (χ0) is 25.6. The number of rotatable bonds is 6. The SMILES string of the molecule is Nc1nc(/C(=N\O)C(=O)N[C@@H]2C(=O)N3C(C(=O)O)=C(/C=C4\CCN(C5CCNC5)C4=O)CS[C@H]23)ns1. The van der Waals surface area contributed by atoms with Crippen LogP contribution in [0.15, 0.2) is 28.1 Å². The number of nitrogens with zero attached hydrogens (tertiary/aromatic N) is 5. The lowest BCUT2D eigenvalue weighted by Gasteiger charge is -2.49. The number of β-lactam (4-membered cyclic amide) rings is 1. The van der Waals surface area contributed by atoms with E-state index in [1.165, 1.54) is 11.8 Å². The number of nitrogens with one attached hydrogen (secondary N) is 2. The van der Waals surface area contributed by atoms with E-state index in [-0.39, 0.29) is 34.4 Å². The van der Waals surface area contributed by atoms with Crippen molar-refractivity contribution in [1.82, 2.24) is 29.8 Å². The van der Waals surface area contributed by atoms with Crippen LogP contribution in [0.2, 0.25) is 0 Å². The highest BCUT2D eigenvalue weighted by Gasteiger charge is 2.54. The van der Waals surface area contributed by atoms with Crippen LogP contribution in [-0.4, -0.2) is 102 Å². The predicted octanol–water partition coefficient (Wildman–Crippen LogP) is -1.44. The summed E-state index contributed by atoms with van der Waals surface area (Å²) in [5.74, 6) is -2.90. The molecule has 3 atom stereocenters. The van der Waals surface area contributed by atoms with Gasteiger partial charge in [0.15, 0.2) is 5.13 Å². The second-order valence-corrected chi connectivity index (χ2v) is 10.4. The number of carboxylic acid groups (broad SMARTS) is 1. The number of carbonyl (C=O) groups excluding carboxylic acids is 3. The average Bonchev–Trinajstić information content (AvgIpc) is 3.60. The number of carboxylic acids is 1. The van der Waals surface area contributed by atoms with Crippen molar-refractivity contribution in [3.8, 4) is 0 Å². The van der Waals surface area contributed by atoms with Gasteiger partial charge in [-0.15, -0.1) is 11.8 Å². The molecule has 0 aliphatic carbocycles. The molecule has 0 aromatic carbocycles. The average molecular weight is 535 g/mol. The number of anilines is 1. The molecule has 5 heterocycles. The maximum atomic E-state index is 12.9. The Morgan fingerprint density at radius 3 is 2.78 bits per heavy atom. The first-order valence-electron chi connectivity index (χ1n) is 11.1. The monoisotopic (exact) mass is 534 g/mol. The number of hydrogen-bond acceptors (Lipinski definition) is 12. The first-order chi connectivity index (χ1) is 17.3. The van der Waals surface area contributed by atoms with E-state index >= 15 is 0 Å². The number of hydrogen-bond donors (Lipinski definition) is 5. The highest BCUT2D eigenvalue weighted by Crippen LogP contribution is 2.41. The molecule has 190 valence electrons. The fraction of sp³-hybridized carbons (Fsp3) is 0.450. The van der Waals surface area contributed by atoms with E-state index in [0.29, 0.717) is 24.1 Å². The summed E-state index contributed by atoms with van der Waals surface area (Å²) in [7, 11) is 0.